The number of benzene rings is 11. The second-order valence-electron chi connectivity index (χ2n) is 17.6. The van der Waals surface area contributed by atoms with Crippen molar-refractivity contribution in [3.8, 4) is 61.3 Å². The highest BCUT2D eigenvalue weighted by molar-refractivity contribution is 6.13. The summed E-state index contributed by atoms with van der Waals surface area (Å²) in [5, 5.41) is 4.76. The van der Waals surface area contributed by atoms with Crippen LogP contribution >= 0.6 is 0 Å². The molecule has 2 heterocycles. The van der Waals surface area contributed by atoms with Gasteiger partial charge in [0.05, 0.1) is 16.7 Å². The topological polar surface area (TPSA) is 21.3 Å². The predicted octanol–water partition coefficient (Wildman–Crippen LogP) is 18.5. The smallest absolute Gasteiger partial charge is 0.136 e. The molecule has 0 bridgehead atoms. The summed E-state index contributed by atoms with van der Waals surface area (Å²) in [4.78, 5) is 2.41. The van der Waals surface area contributed by atoms with Gasteiger partial charge in [0.25, 0.3) is 0 Å². The molecule has 0 fully saturated rings. The number of hydrogen-bond donors (Lipinski definition) is 0. The summed E-state index contributed by atoms with van der Waals surface area (Å²) < 4.78 is 8.75. The summed E-state index contributed by atoms with van der Waals surface area (Å²) in [7, 11) is 0. The number of anilines is 3. The van der Waals surface area contributed by atoms with Crippen molar-refractivity contribution in [3.05, 3.63) is 267 Å². The molecule has 0 N–H and O–H groups in total. The van der Waals surface area contributed by atoms with E-state index < -0.39 is 0 Å². The Kier molecular flexibility index (Phi) is 9.84. The lowest BCUT2D eigenvalue weighted by atomic mass is 9.92. The Balaban J connectivity index is 0.919. The standard InChI is InChI=1S/C66H44N2O/c1-2-18-46(19-3-1)54-26-4-5-27-56(54)57-28-6-10-33-61(57)67(52-24-16-23-50(44-52)55-32-17-37-65-66(55)60-31-9-13-36-64(60)69-65)51-40-38-45(39-41-51)47-20-14-21-48(42-47)49-22-15-25-53(43-49)68-62-34-11-7-29-58(62)59-30-8-12-35-63(59)68/h1-44H. The SMILES string of the molecule is c1ccc(-c2ccccc2-c2ccccc2N(c2ccc(-c3cccc(-c4cccc(-n5c6ccccc6c6ccccc65)c4)c3)cc2)c2cccc(-c3cccc4oc5ccccc5c34)c2)cc1. The molecule has 0 saturated carbocycles. The van der Waals surface area contributed by atoms with Gasteiger partial charge in [-0.05, 0) is 123 Å². The molecule has 0 atom stereocenters. The Morgan fingerprint density at radius 2 is 0.826 bits per heavy atom. The second kappa shape index (κ2) is 16.9. The molecule has 2 aromatic heterocycles. The van der Waals surface area contributed by atoms with E-state index in [0.717, 1.165) is 72.5 Å². The molecule has 0 aliphatic rings. The highest BCUT2D eigenvalue weighted by Gasteiger charge is 2.21. The van der Waals surface area contributed by atoms with Crippen molar-refractivity contribution >= 4 is 60.8 Å². The largest absolute Gasteiger partial charge is 0.456 e. The van der Waals surface area contributed by atoms with Crippen molar-refractivity contribution in [1.82, 2.24) is 4.57 Å². The number of furan rings is 1. The van der Waals surface area contributed by atoms with Crippen molar-refractivity contribution in [1.29, 1.82) is 0 Å². The summed E-state index contributed by atoms with van der Waals surface area (Å²) in [5.74, 6) is 0. The number of para-hydroxylation sites is 4. The normalized spacial score (nSPS) is 11.5. The predicted molar refractivity (Wildman–Crippen MR) is 290 cm³/mol. The number of aromatic nitrogens is 1. The minimum Gasteiger partial charge on any atom is -0.456 e. The molecular formula is C66H44N2O. The van der Waals surface area contributed by atoms with E-state index in [2.05, 4.69) is 264 Å². The first-order valence-electron chi connectivity index (χ1n) is 23.6. The fourth-order valence-electron chi connectivity index (χ4n) is 10.4. The third kappa shape index (κ3) is 7.08. The van der Waals surface area contributed by atoms with Crippen LogP contribution in [0.5, 0.6) is 0 Å². The van der Waals surface area contributed by atoms with Gasteiger partial charge in [-0.2, -0.15) is 0 Å². The molecule has 13 rings (SSSR count). The van der Waals surface area contributed by atoms with E-state index in [4.69, 9.17) is 4.42 Å². The first kappa shape index (κ1) is 40.1. The second-order valence-corrected chi connectivity index (χ2v) is 17.6. The average molecular weight is 881 g/mol. The number of nitrogens with zero attached hydrogens (tertiary/aromatic N) is 2. The van der Waals surface area contributed by atoms with Crippen LogP contribution in [0.1, 0.15) is 0 Å². The maximum Gasteiger partial charge on any atom is 0.136 e. The molecule has 11 aromatic carbocycles. The molecular weight excluding hydrogens is 837 g/mol. The zero-order chi connectivity index (χ0) is 45.7. The molecule has 324 valence electrons. The fourth-order valence-corrected chi connectivity index (χ4v) is 10.4. The summed E-state index contributed by atoms with van der Waals surface area (Å²) in [5.41, 5.74) is 20.1. The van der Waals surface area contributed by atoms with Gasteiger partial charge in [-0.1, -0.05) is 194 Å². The lowest BCUT2D eigenvalue weighted by molar-refractivity contribution is 0.669. The van der Waals surface area contributed by atoms with Gasteiger partial charge in [0.1, 0.15) is 11.2 Å². The van der Waals surface area contributed by atoms with Crippen LogP contribution in [0.15, 0.2) is 271 Å². The highest BCUT2D eigenvalue weighted by atomic mass is 16.3. The van der Waals surface area contributed by atoms with Gasteiger partial charge in [0.2, 0.25) is 0 Å². The van der Waals surface area contributed by atoms with Gasteiger partial charge < -0.3 is 13.9 Å². The van der Waals surface area contributed by atoms with Crippen LogP contribution in [0.2, 0.25) is 0 Å². The minimum atomic E-state index is 0.884. The van der Waals surface area contributed by atoms with Gasteiger partial charge in [-0.3, -0.25) is 0 Å². The van der Waals surface area contributed by atoms with Crippen molar-refractivity contribution in [2.24, 2.45) is 0 Å². The van der Waals surface area contributed by atoms with Crippen LogP contribution in [0.3, 0.4) is 0 Å². The van der Waals surface area contributed by atoms with Crippen molar-refractivity contribution in [2.45, 2.75) is 0 Å². The van der Waals surface area contributed by atoms with Crippen molar-refractivity contribution in [3.63, 3.8) is 0 Å². The lowest BCUT2D eigenvalue weighted by Gasteiger charge is -2.29. The zero-order valence-electron chi connectivity index (χ0n) is 37.7. The molecule has 69 heavy (non-hydrogen) atoms. The van der Waals surface area contributed by atoms with E-state index in [1.54, 1.807) is 0 Å². The summed E-state index contributed by atoms with van der Waals surface area (Å²) >= 11 is 0. The maximum absolute atomic E-state index is 6.36. The number of fused-ring (bicyclic) bond motifs is 6. The van der Waals surface area contributed by atoms with Gasteiger partial charge >= 0.3 is 0 Å². The molecule has 13 aromatic rings. The highest BCUT2D eigenvalue weighted by Crippen LogP contribution is 2.46. The quantitative estimate of drug-likeness (QED) is 0.144. The third-order valence-corrected chi connectivity index (χ3v) is 13.6. The van der Waals surface area contributed by atoms with Crippen LogP contribution in [-0.4, -0.2) is 4.57 Å². The fraction of sp³-hybridized carbons (Fsp3) is 0. The molecule has 0 saturated heterocycles. The van der Waals surface area contributed by atoms with Crippen molar-refractivity contribution in [2.75, 3.05) is 4.90 Å². The Morgan fingerprint density at radius 3 is 1.61 bits per heavy atom. The maximum atomic E-state index is 6.36. The van der Waals surface area contributed by atoms with Crippen LogP contribution in [-0.2, 0) is 0 Å². The van der Waals surface area contributed by atoms with Crippen LogP contribution in [0.4, 0.5) is 17.1 Å². The first-order valence-corrected chi connectivity index (χ1v) is 23.6. The van der Waals surface area contributed by atoms with E-state index in [9.17, 15) is 0 Å². The Hall–Kier alpha value is -9.18. The average Bonchev–Trinajstić information content (AvgIpc) is 3.98. The zero-order valence-corrected chi connectivity index (χ0v) is 37.7. The van der Waals surface area contributed by atoms with E-state index in [1.807, 2.05) is 12.1 Å². The Morgan fingerprint density at radius 1 is 0.290 bits per heavy atom. The van der Waals surface area contributed by atoms with Gasteiger partial charge in [0.15, 0.2) is 0 Å². The first-order chi connectivity index (χ1) is 34.2. The summed E-state index contributed by atoms with van der Waals surface area (Å²) in [6.45, 7) is 0. The van der Waals surface area contributed by atoms with Crippen LogP contribution in [0, 0.1) is 0 Å². The van der Waals surface area contributed by atoms with E-state index in [-0.39, 0.29) is 0 Å². The van der Waals surface area contributed by atoms with Crippen molar-refractivity contribution < 1.29 is 4.42 Å². The van der Waals surface area contributed by atoms with E-state index in [0.29, 0.717) is 0 Å². The lowest BCUT2D eigenvalue weighted by Crippen LogP contribution is -2.11. The molecule has 0 amide bonds. The molecule has 0 aliphatic carbocycles. The molecule has 3 nitrogen and oxygen atoms in total. The van der Waals surface area contributed by atoms with Gasteiger partial charge in [-0.25, -0.2) is 0 Å². The third-order valence-electron chi connectivity index (χ3n) is 13.6. The Labute approximate surface area is 401 Å². The molecule has 3 heteroatoms. The minimum absolute atomic E-state index is 0.884. The monoisotopic (exact) mass is 880 g/mol. The van der Waals surface area contributed by atoms with E-state index >= 15 is 0 Å². The van der Waals surface area contributed by atoms with Gasteiger partial charge in [0, 0.05) is 44.2 Å². The Bertz CT molecular complexity index is 3970. The molecule has 0 unspecified atom stereocenters. The van der Waals surface area contributed by atoms with E-state index in [1.165, 1.54) is 49.6 Å². The number of rotatable bonds is 9. The summed E-state index contributed by atoms with van der Waals surface area (Å²) in [6, 6.07) is 96.1. The van der Waals surface area contributed by atoms with Gasteiger partial charge in [-0.15, -0.1) is 0 Å². The molecule has 0 aliphatic heterocycles. The summed E-state index contributed by atoms with van der Waals surface area (Å²) in [6.07, 6.45) is 0. The van der Waals surface area contributed by atoms with Crippen LogP contribution in [0.25, 0.3) is 105 Å². The van der Waals surface area contributed by atoms with Crippen LogP contribution < -0.4 is 4.90 Å². The molecule has 0 radical (unpaired) electrons. The number of hydrogen-bond acceptors (Lipinski definition) is 2. The molecule has 0 spiro atoms.